The quantitative estimate of drug-likeness (QED) is 0.390. The molecule has 4 saturated carbocycles. The molecule has 1 aromatic carbocycles. The lowest BCUT2D eigenvalue weighted by Crippen LogP contribution is -2.58. The smallest absolute Gasteiger partial charge is 0.335 e. The van der Waals surface area contributed by atoms with Gasteiger partial charge in [0.05, 0.1) is 17.8 Å². The zero-order chi connectivity index (χ0) is 26.5. The second kappa shape index (κ2) is 10.00. The molecule has 4 N–H and O–H groups in total. The van der Waals surface area contributed by atoms with Gasteiger partial charge in [-0.3, -0.25) is 4.79 Å². The van der Waals surface area contributed by atoms with E-state index in [1.54, 1.807) is 12.1 Å². The highest BCUT2D eigenvalue weighted by atomic mass is 16.4. The van der Waals surface area contributed by atoms with Crippen molar-refractivity contribution in [3.63, 3.8) is 0 Å². The van der Waals surface area contributed by atoms with Crippen LogP contribution in [-0.2, 0) is 4.79 Å². The van der Waals surface area contributed by atoms with E-state index in [1.807, 2.05) is 0 Å². The average molecular weight is 512 g/mol. The van der Waals surface area contributed by atoms with Gasteiger partial charge in [-0.25, -0.2) is 4.79 Å². The first-order chi connectivity index (χ1) is 17.5. The maximum atomic E-state index is 12.7. The fourth-order valence-electron chi connectivity index (χ4n) is 9.66. The maximum Gasteiger partial charge on any atom is 0.335 e. The van der Waals surface area contributed by atoms with E-state index in [0.717, 1.165) is 32.1 Å². The molecule has 204 valence electrons. The van der Waals surface area contributed by atoms with Crippen LogP contribution in [0.1, 0.15) is 95.3 Å². The van der Waals surface area contributed by atoms with Crippen LogP contribution in [0.15, 0.2) is 24.3 Å². The molecule has 0 radical (unpaired) electrons. The number of rotatable bonds is 6. The third-order valence-corrected chi connectivity index (χ3v) is 11.7. The van der Waals surface area contributed by atoms with Crippen molar-refractivity contribution in [2.24, 2.45) is 46.3 Å². The van der Waals surface area contributed by atoms with E-state index in [-0.39, 0.29) is 34.5 Å². The van der Waals surface area contributed by atoms with E-state index in [9.17, 15) is 19.8 Å². The number of carboxylic acid groups (broad SMARTS) is 1. The molecule has 0 saturated heterocycles. The second-order valence-corrected chi connectivity index (χ2v) is 13.4. The molecular formula is C31H45NO5. The number of carbonyl (C=O) groups excluding carboxylic acids is 1. The molecule has 4 aliphatic rings. The van der Waals surface area contributed by atoms with E-state index in [4.69, 9.17) is 5.11 Å². The van der Waals surface area contributed by atoms with Gasteiger partial charge in [0.2, 0.25) is 5.91 Å². The molecule has 37 heavy (non-hydrogen) atoms. The molecule has 4 unspecified atom stereocenters. The van der Waals surface area contributed by atoms with Crippen molar-refractivity contribution in [3.05, 3.63) is 29.8 Å². The monoisotopic (exact) mass is 511 g/mol. The molecule has 0 aliphatic heterocycles. The van der Waals surface area contributed by atoms with Crippen molar-refractivity contribution >= 4 is 17.6 Å². The van der Waals surface area contributed by atoms with Crippen molar-refractivity contribution in [2.75, 3.05) is 5.32 Å². The van der Waals surface area contributed by atoms with Crippen molar-refractivity contribution in [1.29, 1.82) is 0 Å². The first-order valence-electron chi connectivity index (χ1n) is 14.5. The summed E-state index contributed by atoms with van der Waals surface area (Å²) >= 11 is 0. The summed E-state index contributed by atoms with van der Waals surface area (Å²) in [5, 5.41) is 33.7. The summed E-state index contributed by atoms with van der Waals surface area (Å²) in [6, 6.07) is 6.29. The summed E-state index contributed by atoms with van der Waals surface area (Å²) in [4.78, 5) is 23.7. The molecule has 6 nitrogen and oxygen atoms in total. The predicted molar refractivity (Wildman–Crippen MR) is 143 cm³/mol. The van der Waals surface area contributed by atoms with Gasteiger partial charge in [-0.2, -0.15) is 0 Å². The minimum atomic E-state index is -0.976. The lowest BCUT2D eigenvalue weighted by molar-refractivity contribution is -0.174. The first kappa shape index (κ1) is 26.7. The lowest BCUT2D eigenvalue weighted by Gasteiger charge is -2.62. The van der Waals surface area contributed by atoms with Gasteiger partial charge in [-0.1, -0.05) is 20.8 Å². The fraction of sp³-hybridized carbons (Fsp3) is 0.742. The highest BCUT2D eigenvalue weighted by Crippen LogP contribution is 2.68. The van der Waals surface area contributed by atoms with Gasteiger partial charge in [0, 0.05) is 12.1 Å². The first-order valence-corrected chi connectivity index (χ1v) is 14.5. The van der Waals surface area contributed by atoms with E-state index in [1.165, 1.54) is 37.8 Å². The Hall–Kier alpha value is -1.92. The van der Waals surface area contributed by atoms with Crippen LogP contribution in [0, 0.1) is 46.3 Å². The number of amides is 1. The topological polar surface area (TPSA) is 107 Å². The Kier molecular flexibility index (Phi) is 7.21. The summed E-state index contributed by atoms with van der Waals surface area (Å²) in [5.41, 5.74) is 1.29. The van der Waals surface area contributed by atoms with Crippen LogP contribution >= 0.6 is 0 Å². The number of anilines is 1. The van der Waals surface area contributed by atoms with E-state index < -0.39 is 5.97 Å². The highest BCUT2D eigenvalue weighted by molar-refractivity contribution is 5.92. The van der Waals surface area contributed by atoms with E-state index in [2.05, 4.69) is 26.1 Å². The maximum absolute atomic E-state index is 12.7. The van der Waals surface area contributed by atoms with Crippen LogP contribution in [0.3, 0.4) is 0 Å². The summed E-state index contributed by atoms with van der Waals surface area (Å²) in [7, 11) is 0. The molecule has 0 bridgehead atoms. The number of aromatic carboxylic acids is 1. The fourth-order valence-corrected chi connectivity index (χ4v) is 9.66. The summed E-state index contributed by atoms with van der Waals surface area (Å²) in [6.07, 6.45) is 9.24. The normalized spacial score (nSPS) is 41.7. The van der Waals surface area contributed by atoms with Crippen molar-refractivity contribution in [3.8, 4) is 0 Å². The molecule has 1 aromatic rings. The van der Waals surface area contributed by atoms with Crippen LogP contribution in [0.25, 0.3) is 0 Å². The van der Waals surface area contributed by atoms with Crippen molar-refractivity contribution < 1.29 is 24.9 Å². The Bertz CT molecular complexity index is 1010. The van der Waals surface area contributed by atoms with Crippen LogP contribution in [0.2, 0.25) is 0 Å². The number of hydrogen-bond donors (Lipinski definition) is 4. The van der Waals surface area contributed by atoms with Crippen LogP contribution in [-0.4, -0.2) is 39.4 Å². The van der Waals surface area contributed by atoms with Crippen LogP contribution < -0.4 is 5.32 Å². The van der Waals surface area contributed by atoms with Gasteiger partial charge >= 0.3 is 5.97 Å². The number of aliphatic hydroxyl groups excluding tert-OH is 2. The molecular weight excluding hydrogens is 466 g/mol. The van der Waals surface area contributed by atoms with Gasteiger partial charge in [-0.15, -0.1) is 0 Å². The van der Waals surface area contributed by atoms with Gasteiger partial charge < -0.3 is 20.6 Å². The van der Waals surface area contributed by atoms with Crippen molar-refractivity contribution in [1.82, 2.24) is 0 Å². The third-order valence-electron chi connectivity index (χ3n) is 11.7. The molecule has 0 heterocycles. The zero-order valence-electron chi connectivity index (χ0n) is 22.7. The Balaban J connectivity index is 1.21. The molecule has 4 aliphatic carbocycles. The molecule has 1 amide bonds. The molecule has 4 fully saturated rings. The molecule has 6 heteroatoms. The standard InChI is InChI=1S/C31H45NO5/c1-18(4-11-27(35)32-21-7-5-19(6-8-21)29(36)37)23-9-10-24-28-25(13-15-31(23,24)3)30(2)14-12-22(33)16-20(30)17-26(28)34/h5-8,18,20,22-26,28,33-34H,4,9-17H2,1-3H3,(H,32,35)(H,36,37)/t18-,20+,22-,23+,24?,25?,26?,28?,30+,31-/m1/s1. The van der Waals surface area contributed by atoms with Crippen LogP contribution in [0.4, 0.5) is 5.69 Å². The number of carbonyl (C=O) groups is 2. The molecule has 0 spiro atoms. The zero-order valence-corrected chi connectivity index (χ0v) is 22.7. The van der Waals surface area contributed by atoms with E-state index in [0.29, 0.717) is 47.6 Å². The number of benzene rings is 1. The van der Waals surface area contributed by atoms with Crippen LogP contribution in [0.5, 0.6) is 0 Å². The Labute approximate surface area is 221 Å². The minimum Gasteiger partial charge on any atom is -0.478 e. The second-order valence-electron chi connectivity index (χ2n) is 13.4. The SMILES string of the molecule is C[C@H](CCC(=O)Nc1ccc(C(=O)O)cc1)[C@@H]1CCC2C3C(O)C[C@@H]4C[C@H](O)CC[C@]4(C)C3CC[C@@]21C. The van der Waals surface area contributed by atoms with E-state index >= 15 is 0 Å². The number of carboxylic acids is 1. The number of hydrogen-bond acceptors (Lipinski definition) is 4. The van der Waals surface area contributed by atoms with Gasteiger partial charge in [0.15, 0.2) is 0 Å². The Morgan fingerprint density at radius 2 is 1.65 bits per heavy atom. The Morgan fingerprint density at radius 1 is 0.973 bits per heavy atom. The van der Waals surface area contributed by atoms with Gasteiger partial charge in [0.25, 0.3) is 0 Å². The molecule has 0 aromatic heterocycles. The minimum absolute atomic E-state index is 0.0283. The lowest BCUT2D eigenvalue weighted by atomic mass is 9.43. The summed E-state index contributed by atoms with van der Waals surface area (Å²) < 4.78 is 0. The average Bonchev–Trinajstić information content (AvgIpc) is 3.21. The van der Waals surface area contributed by atoms with Gasteiger partial charge in [0.1, 0.15) is 0 Å². The number of fused-ring (bicyclic) bond motifs is 5. The number of nitrogens with one attached hydrogen (secondary N) is 1. The third kappa shape index (κ3) is 4.73. The summed E-state index contributed by atoms with van der Waals surface area (Å²) in [5.74, 6) is 1.89. The van der Waals surface area contributed by atoms with Crippen molar-refractivity contribution in [2.45, 2.75) is 97.2 Å². The highest BCUT2D eigenvalue weighted by Gasteiger charge is 2.62. The Morgan fingerprint density at radius 3 is 2.35 bits per heavy atom. The molecule has 5 rings (SSSR count). The largest absolute Gasteiger partial charge is 0.478 e. The summed E-state index contributed by atoms with van der Waals surface area (Å²) in [6.45, 7) is 7.23. The predicted octanol–water partition coefficient (Wildman–Crippen LogP) is 5.73. The molecule has 10 atom stereocenters. The number of aliphatic hydroxyl groups is 2. The van der Waals surface area contributed by atoms with Gasteiger partial charge in [-0.05, 0) is 128 Å².